The third kappa shape index (κ3) is 10.5. The van der Waals surface area contributed by atoms with Crippen LogP contribution in [0.3, 0.4) is 0 Å². The quantitative estimate of drug-likeness (QED) is 0.204. The third-order valence-electron chi connectivity index (χ3n) is 3.15. The molecular formula is C15H29IN4O2S2. The van der Waals surface area contributed by atoms with E-state index in [9.17, 15) is 8.42 Å². The van der Waals surface area contributed by atoms with Crippen molar-refractivity contribution in [3.05, 3.63) is 22.4 Å². The Morgan fingerprint density at radius 2 is 2.04 bits per heavy atom. The van der Waals surface area contributed by atoms with E-state index in [1.165, 1.54) is 4.88 Å². The van der Waals surface area contributed by atoms with Crippen LogP contribution < -0.4 is 15.4 Å². The van der Waals surface area contributed by atoms with Crippen LogP contribution in [0.1, 0.15) is 25.6 Å². The summed E-state index contributed by atoms with van der Waals surface area (Å²) in [7, 11) is -3.13. The number of thiophene rings is 1. The molecule has 1 unspecified atom stereocenters. The number of guanidine groups is 1. The molecule has 1 rings (SSSR count). The van der Waals surface area contributed by atoms with E-state index in [2.05, 4.69) is 44.8 Å². The second kappa shape index (κ2) is 12.9. The van der Waals surface area contributed by atoms with Gasteiger partial charge in [-0.05, 0) is 37.6 Å². The lowest BCUT2D eigenvalue weighted by molar-refractivity contribution is 0.581. The summed E-state index contributed by atoms with van der Waals surface area (Å²) >= 11 is 1.77. The van der Waals surface area contributed by atoms with Crippen LogP contribution in [0.4, 0.5) is 0 Å². The van der Waals surface area contributed by atoms with Crippen molar-refractivity contribution >= 4 is 51.3 Å². The maximum atomic E-state index is 11.4. The zero-order valence-electron chi connectivity index (χ0n) is 14.5. The van der Waals surface area contributed by atoms with Crippen molar-refractivity contribution < 1.29 is 8.42 Å². The summed E-state index contributed by atoms with van der Waals surface area (Å²) in [6.07, 6.45) is 1.02. The van der Waals surface area contributed by atoms with Crippen LogP contribution in [0, 0.1) is 5.92 Å². The average Bonchev–Trinajstić information content (AvgIpc) is 3.02. The van der Waals surface area contributed by atoms with E-state index >= 15 is 0 Å². The number of nitrogens with zero attached hydrogens (tertiary/aromatic N) is 1. The van der Waals surface area contributed by atoms with Crippen molar-refractivity contribution in [3.8, 4) is 0 Å². The zero-order chi connectivity index (χ0) is 17.1. The van der Waals surface area contributed by atoms with Crippen LogP contribution >= 0.6 is 35.3 Å². The molecule has 3 N–H and O–H groups in total. The summed E-state index contributed by atoms with van der Waals surface area (Å²) in [5.41, 5.74) is 0. The fourth-order valence-corrected chi connectivity index (χ4v) is 3.40. The van der Waals surface area contributed by atoms with Gasteiger partial charge in [0.1, 0.15) is 0 Å². The highest BCUT2D eigenvalue weighted by Crippen LogP contribution is 2.14. The number of hydrogen-bond acceptors (Lipinski definition) is 4. The Balaban J connectivity index is 0.00000529. The summed E-state index contributed by atoms with van der Waals surface area (Å²) in [5, 5.41) is 8.41. The first-order chi connectivity index (χ1) is 11.0. The SMILES string of the molecule is CCNC(=NCC(C)Cc1cccs1)NCCNS(=O)(=O)CC.I. The highest BCUT2D eigenvalue weighted by molar-refractivity contribution is 14.0. The molecule has 0 bridgehead atoms. The molecule has 1 aromatic heterocycles. The smallest absolute Gasteiger partial charge is 0.211 e. The number of hydrogen-bond donors (Lipinski definition) is 3. The van der Waals surface area contributed by atoms with Gasteiger partial charge >= 0.3 is 0 Å². The minimum absolute atomic E-state index is 0. The van der Waals surface area contributed by atoms with E-state index in [1.807, 2.05) is 6.92 Å². The lowest BCUT2D eigenvalue weighted by Crippen LogP contribution is -2.42. The van der Waals surface area contributed by atoms with Crippen LogP contribution in [0.25, 0.3) is 0 Å². The van der Waals surface area contributed by atoms with Crippen molar-refractivity contribution in [3.63, 3.8) is 0 Å². The molecular weight excluding hydrogens is 459 g/mol. The number of sulfonamides is 1. The Hall–Kier alpha value is -0.390. The maximum absolute atomic E-state index is 11.4. The number of nitrogens with one attached hydrogen (secondary N) is 3. The highest BCUT2D eigenvalue weighted by Gasteiger charge is 2.06. The Morgan fingerprint density at radius 1 is 1.29 bits per heavy atom. The minimum atomic E-state index is -3.13. The van der Waals surface area contributed by atoms with Crippen molar-refractivity contribution in [1.82, 2.24) is 15.4 Å². The van der Waals surface area contributed by atoms with Gasteiger partial charge in [0.25, 0.3) is 0 Å². The van der Waals surface area contributed by atoms with Gasteiger partial charge in [-0.3, -0.25) is 4.99 Å². The van der Waals surface area contributed by atoms with Crippen LogP contribution in [0.5, 0.6) is 0 Å². The van der Waals surface area contributed by atoms with Crippen LogP contribution in [-0.2, 0) is 16.4 Å². The van der Waals surface area contributed by atoms with Gasteiger partial charge in [-0.25, -0.2) is 13.1 Å². The summed E-state index contributed by atoms with van der Waals surface area (Å²) < 4.78 is 25.2. The molecule has 0 aliphatic rings. The Labute approximate surface area is 167 Å². The molecule has 9 heteroatoms. The normalized spacial score (nSPS) is 13.2. The first kappa shape index (κ1) is 23.6. The Kier molecular flexibility index (Phi) is 12.7. The second-order valence-electron chi connectivity index (χ2n) is 5.33. The van der Waals surface area contributed by atoms with Crippen LogP contribution in [0.2, 0.25) is 0 Å². The number of aliphatic imine (C=N–C) groups is 1. The largest absolute Gasteiger partial charge is 0.357 e. The average molecular weight is 488 g/mol. The lowest BCUT2D eigenvalue weighted by Gasteiger charge is -2.13. The first-order valence-electron chi connectivity index (χ1n) is 7.98. The molecule has 24 heavy (non-hydrogen) atoms. The van der Waals surface area contributed by atoms with Crippen molar-refractivity contribution in [2.45, 2.75) is 27.2 Å². The maximum Gasteiger partial charge on any atom is 0.211 e. The summed E-state index contributed by atoms with van der Waals surface area (Å²) in [6, 6.07) is 4.22. The van der Waals surface area contributed by atoms with E-state index in [1.54, 1.807) is 18.3 Å². The predicted molar refractivity (Wildman–Crippen MR) is 114 cm³/mol. The molecule has 0 aliphatic carbocycles. The van der Waals surface area contributed by atoms with Gasteiger partial charge in [0.2, 0.25) is 10.0 Å². The molecule has 0 saturated heterocycles. The molecule has 1 heterocycles. The molecule has 0 aromatic carbocycles. The molecule has 140 valence electrons. The minimum Gasteiger partial charge on any atom is -0.357 e. The fourth-order valence-electron chi connectivity index (χ4n) is 1.92. The summed E-state index contributed by atoms with van der Waals surface area (Å²) in [6.45, 7) is 8.17. The molecule has 0 radical (unpaired) electrons. The van der Waals surface area contributed by atoms with Crippen molar-refractivity contribution in [2.24, 2.45) is 10.9 Å². The molecule has 0 saturated carbocycles. The monoisotopic (exact) mass is 488 g/mol. The van der Waals surface area contributed by atoms with Gasteiger partial charge in [-0.1, -0.05) is 13.0 Å². The fraction of sp³-hybridized carbons (Fsp3) is 0.667. The summed E-state index contributed by atoms with van der Waals surface area (Å²) in [5.74, 6) is 1.28. The number of rotatable bonds is 10. The van der Waals surface area contributed by atoms with Gasteiger partial charge in [0.05, 0.1) is 5.75 Å². The standard InChI is InChI=1S/C15H28N4O2S2.HI/c1-4-16-15(17-8-9-19-23(20,21)5-2)18-12-13(3)11-14-7-6-10-22-14;/h6-7,10,13,19H,4-5,8-9,11-12H2,1-3H3,(H2,16,17,18);1H. The molecule has 0 amide bonds. The molecule has 1 aromatic rings. The molecule has 1 atom stereocenters. The number of halogens is 1. The molecule has 0 fully saturated rings. The second-order valence-corrected chi connectivity index (χ2v) is 8.46. The van der Waals surface area contributed by atoms with Gasteiger partial charge in [0, 0.05) is 31.1 Å². The van der Waals surface area contributed by atoms with Crippen molar-refractivity contribution in [2.75, 3.05) is 31.9 Å². The van der Waals surface area contributed by atoms with Gasteiger partial charge in [-0.15, -0.1) is 35.3 Å². The van der Waals surface area contributed by atoms with Gasteiger partial charge in [-0.2, -0.15) is 0 Å². The van der Waals surface area contributed by atoms with E-state index in [4.69, 9.17) is 0 Å². The summed E-state index contributed by atoms with van der Waals surface area (Å²) in [4.78, 5) is 5.94. The van der Waals surface area contributed by atoms with Crippen LogP contribution in [0.15, 0.2) is 22.5 Å². The molecule has 6 nitrogen and oxygen atoms in total. The van der Waals surface area contributed by atoms with E-state index in [-0.39, 0.29) is 29.7 Å². The molecule has 0 aliphatic heterocycles. The van der Waals surface area contributed by atoms with Gasteiger partial charge < -0.3 is 10.6 Å². The van der Waals surface area contributed by atoms with Gasteiger partial charge in [0.15, 0.2) is 5.96 Å². The molecule has 0 spiro atoms. The predicted octanol–water partition coefficient (Wildman–Crippen LogP) is 2.04. The topological polar surface area (TPSA) is 82.6 Å². The third-order valence-corrected chi connectivity index (χ3v) is 5.46. The van der Waals surface area contributed by atoms with Crippen LogP contribution in [-0.4, -0.2) is 46.3 Å². The van der Waals surface area contributed by atoms with E-state index in [0.29, 0.717) is 19.0 Å². The first-order valence-corrected chi connectivity index (χ1v) is 10.5. The zero-order valence-corrected chi connectivity index (χ0v) is 18.5. The lowest BCUT2D eigenvalue weighted by atomic mass is 10.1. The highest BCUT2D eigenvalue weighted by atomic mass is 127. The van der Waals surface area contributed by atoms with E-state index < -0.39 is 10.0 Å². The van der Waals surface area contributed by atoms with E-state index in [0.717, 1.165) is 25.5 Å². The Bertz CT molecular complexity index is 562. The van der Waals surface area contributed by atoms with Crippen molar-refractivity contribution in [1.29, 1.82) is 0 Å². The Morgan fingerprint density at radius 3 is 2.62 bits per heavy atom.